The third kappa shape index (κ3) is 5.96. The van der Waals surface area contributed by atoms with Gasteiger partial charge in [0.25, 0.3) is 22.9 Å². The molecule has 0 N–H and O–H groups in total. The molecule has 0 aromatic heterocycles. The number of nitro benzene ring substituents is 2. The first-order chi connectivity index (χ1) is 21.6. The molecule has 240 valence electrons. The molecule has 2 saturated heterocycles. The Morgan fingerprint density at radius 2 is 0.913 bits per heavy atom. The van der Waals surface area contributed by atoms with Gasteiger partial charge in [0.05, 0.1) is 21.0 Å². The molecule has 2 spiro atoms. The molecule has 2 aromatic rings. The summed E-state index contributed by atoms with van der Waals surface area (Å²) >= 11 is 0. The molecule has 1 saturated carbocycles. The van der Waals surface area contributed by atoms with E-state index in [1.54, 1.807) is 50.1 Å². The predicted molar refractivity (Wildman–Crippen MR) is 159 cm³/mol. The van der Waals surface area contributed by atoms with Crippen molar-refractivity contribution in [2.24, 2.45) is 0 Å². The Hall–Kier alpha value is -5.80. The fraction of sp³-hybridized carbons (Fsp3) is 0.333. The van der Waals surface area contributed by atoms with Crippen LogP contribution in [0.1, 0.15) is 36.8 Å². The standard InChI is InChI=1S/C30H28N4O12/c1-31(2)19-7-5-17(23(15-19)33(39)40)13-21-25(35)43-29(44-26(21)36)9-11-30(12-10-29)45-27(37)22(28(38)46-30)14-18-6-8-20(32(3)4)16-24(18)34(41)42/h5-8,13-16H,9-12H2,1-4H3. The largest absolute Gasteiger partial charge is 0.419 e. The van der Waals surface area contributed by atoms with E-state index in [1.807, 2.05) is 0 Å². The normalized spacial score (nSPS) is 22.4. The minimum absolute atomic E-state index is 0.0121. The highest BCUT2D eigenvalue weighted by Crippen LogP contribution is 2.45. The van der Waals surface area contributed by atoms with Gasteiger partial charge in [0.15, 0.2) is 0 Å². The SMILES string of the molecule is CN(C)c1ccc(C=C2C(=O)OC3(CCC4(CC3)OC(=O)C(=Cc3ccc(N(C)C)cc3[N+](=O)[O-])C(=O)O4)OC2=O)c([N+](=O)[O-])c1. The maximum atomic E-state index is 13.0. The van der Waals surface area contributed by atoms with Crippen molar-refractivity contribution in [3.8, 4) is 0 Å². The number of carbonyl (C=O) groups is 4. The summed E-state index contributed by atoms with van der Waals surface area (Å²) in [6.07, 6.45) is 1.24. The van der Waals surface area contributed by atoms with Crippen LogP contribution in [-0.4, -0.2) is 73.5 Å². The lowest BCUT2D eigenvalue weighted by atomic mass is 9.87. The molecule has 3 fully saturated rings. The van der Waals surface area contributed by atoms with Crippen LogP contribution in [-0.2, 0) is 38.1 Å². The zero-order valence-corrected chi connectivity index (χ0v) is 25.1. The summed E-state index contributed by atoms with van der Waals surface area (Å²) in [6, 6.07) is 8.53. The second-order valence-electron chi connectivity index (χ2n) is 11.3. The quantitative estimate of drug-likeness (QED) is 0.147. The summed E-state index contributed by atoms with van der Waals surface area (Å²) < 4.78 is 22.0. The van der Waals surface area contributed by atoms with Crippen molar-refractivity contribution in [3.05, 3.63) is 78.9 Å². The Kier molecular flexibility index (Phi) is 7.98. The van der Waals surface area contributed by atoms with Crippen molar-refractivity contribution in [2.75, 3.05) is 38.0 Å². The van der Waals surface area contributed by atoms with E-state index in [0.717, 1.165) is 12.2 Å². The van der Waals surface area contributed by atoms with E-state index in [1.165, 1.54) is 24.3 Å². The molecule has 0 radical (unpaired) electrons. The predicted octanol–water partition coefficient (Wildman–Crippen LogP) is 3.27. The van der Waals surface area contributed by atoms with Crippen LogP contribution in [0.15, 0.2) is 47.5 Å². The van der Waals surface area contributed by atoms with Gasteiger partial charge in [0.2, 0.25) is 0 Å². The van der Waals surface area contributed by atoms with Crippen LogP contribution in [0.4, 0.5) is 22.7 Å². The van der Waals surface area contributed by atoms with Crippen LogP contribution >= 0.6 is 0 Å². The molecule has 0 unspecified atom stereocenters. The highest BCUT2D eigenvalue weighted by atomic mass is 16.8. The average molecular weight is 637 g/mol. The summed E-state index contributed by atoms with van der Waals surface area (Å²) in [5.41, 5.74) is -0.741. The van der Waals surface area contributed by atoms with E-state index in [2.05, 4.69) is 0 Å². The van der Waals surface area contributed by atoms with Crippen molar-refractivity contribution in [2.45, 2.75) is 37.3 Å². The Labute approximate surface area is 261 Å². The molecule has 0 bridgehead atoms. The van der Waals surface area contributed by atoms with Gasteiger partial charge in [-0.1, -0.05) is 0 Å². The molecule has 1 aliphatic carbocycles. The number of carbonyl (C=O) groups excluding carboxylic acids is 4. The Bertz CT molecular complexity index is 1580. The third-order valence-corrected chi connectivity index (χ3v) is 7.82. The van der Waals surface area contributed by atoms with Crippen LogP contribution in [0.3, 0.4) is 0 Å². The lowest BCUT2D eigenvalue weighted by molar-refractivity contribution is -0.385. The van der Waals surface area contributed by atoms with Gasteiger partial charge < -0.3 is 28.7 Å². The van der Waals surface area contributed by atoms with Crippen LogP contribution in [0.25, 0.3) is 12.2 Å². The van der Waals surface area contributed by atoms with Crippen LogP contribution in [0, 0.1) is 20.2 Å². The van der Waals surface area contributed by atoms with Crippen LogP contribution in [0.2, 0.25) is 0 Å². The second-order valence-corrected chi connectivity index (χ2v) is 11.3. The van der Waals surface area contributed by atoms with Gasteiger partial charge in [0, 0.05) is 77.4 Å². The van der Waals surface area contributed by atoms with Crippen molar-refractivity contribution in [1.29, 1.82) is 0 Å². The summed E-state index contributed by atoms with van der Waals surface area (Å²) in [7, 11) is 6.80. The molecule has 3 aliphatic rings. The fourth-order valence-electron chi connectivity index (χ4n) is 5.25. The van der Waals surface area contributed by atoms with Gasteiger partial charge in [-0.15, -0.1) is 0 Å². The molecule has 16 nitrogen and oxygen atoms in total. The Balaban J connectivity index is 1.30. The van der Waals surface area contributed by atoms with Gasteiger partial charge in [-0.3, -0.25) is 20.2 Å². The molecule has 2 heterocycles. The van der Waals surface area contributed by atoms with Gasteiger partial charge in [-0.25, -0.2) is 19.2 Å². The van der Waals surface area contributed by atoms with Gasteiger partial charge in [0.1, 0.15) is 11.1 Å². The molecular formula is C30H28N4O12. The third-order valence-electron chi connectivity index (χ3n) is 7.82. The summed E-state index contributed by atoms with van der Waals surface area (Å²) in [6.45, 7) is 0. The monoisotopic (exact) mass is 636 g/mol. The Morgan fingerprint density at radius 3 is 1.17 bits per heavy atom. The average Bonchev–Trinajstić information content (AvgIpc) is 2.98. The van der Waals surface area contributed by atoms with E-state index in [0.29, 0.717) is 11.4 Å². The smallest absolute Gasteiger partial charge is 0.348 e. The topological polar surface area (TPSA) is 198 Å². The van der Waals surface area contributed by atoms with Crippen molar-refractivity contribution >= 4 is 58.8 Å². The molecule has 5 rings (SSSR count). The number of hydrogen-bond acceptors (Lipinski definition) is 14. The van der Waals surface area contributed by atoms with E-state index in [-0.39, 0.29) is 48.2 Å². The molecule has 0 amide bonds. The lowest BCUT2D eigenvalue weighted by Gasteiger charge is -2.46. The van der Waals surface area contributed by atoms with Crippen molar-refractivity contribution < 1.29 is 48.0 Å². The summed E-state index contributed by atoms with van der Waals surface area (Å²) in [5.74, 6) is -7.76. The minimum atomic E-state index is -1.75. The van der Waals surface area contributed by atoms with E-state index in [9.17, 15) is 39.4 Å². The van der Waals surface area contributed by atoms with Crippen molar-refractivity contribution in [3.63, 3.8) is 0 Å². The molecule has 16 heteroatoms. The number of hydrogen-bond donors (Lipinski definition) is 0. The summed E-state index contributed by atoms with van der Waals surface area (Å²) in [5, 5.41) is 23.3. The van der Waals surface area contributed by atoms with Gasteiger partial charge in [-0.2, -0.15) is 0 Å². The number of esters is 4. The maximum absolute atomic E-state index is 13.0. The first-order valence-corrected chi connectivity index (χ1v) is 13.9. The second kappa shape index (κ2) is 11.6. The number of anilines is 2. The highest BCUT2D eigenvalue weighted by Gasteiger charge is 2.57. The molecule has 2 aliphatic heterocycles. The number of ether oxygens (including phenoxy) is 4. The number of nitro groups is 2. The first kappa shape index (κ1) is 31.6. The van der Waals surface area contributed by atoms with E-state index >= 15 is 0 Å². The van der Waals surface area contributed by atoms with Gasteiger partial charge >= 0.3 is 23.9 Å². The van der Waals surface area contributed by atoms with E-state index in [4.69, 9.17) is 18.9 Å². The maximum Gasteiger partial charge on any atom is 0.348 e. The van der Waals surface area contributed by atoms with Crippen LogP contribution in [0.5, 0.6) is 0 Å². The Morgan fingerprint density at radius 1 is 0.609 bits per heavy atom. The molecule has 46 heavy (non-hydrogen) atoms. The summed E-state index contributed by atoms with van der Waals surface area (Å²) in [4.78, 5) is 77.2. The van der Waals surface area contributed by atoms with Crippen LogP contribution < -0.4 is 9.80 Å². The molecule has 2 aromatic carbocycles. The zero-order valence-electron chi connectivity index (χ0n) is 25.1. The zero-order chi connectivity index (χ0) is 33.6. The lowest BCUT2D eigenvalue weighted by Crippen LogP contribution is -2.56. The first-order valence-electron chi connectivity index (χ1n) is 13.9. The molecular weight excluding hydrogens is 608 g/mol. The minimum Gasteiger partial charge on any atom is -0.419 e. The number of nitrogens with zero attached hydrogens (tertiary/aromatic N) is 4. The van der Waals surface area contributed by atoms with Crippen molar-refractivity contribution in [1.82, 2.24) is 0 Å². The van der Waals surface area contributed by atoms with Gasteiger partial charge in [-0.05, 0) is 36.4 Å². The highest BCUT2D eigenvalue weighted by molar-refractivity contribution is 6.20. The number of rotatable bonds is 6. The van der Waals surface area contributed by atoms with E-state index < -0.39 is 56.4 Å². The fourth-order valence-corrected chi connectivity index (χ4v) is 5.25. The number of benzene rings is 2. The molecule has 0 atom stereocenters.